The zero-order chi connectivity index (χ0) is 12.6. The van der Waals surface area contributed by atoms with Gasteiger partial charge in [-0.15, -0.1) is 11.3 Å². The van der Waals surface area contributed by atoms with Gasteiger partial charge in [0.2, 0.25) is 0 Å². The van der Waals surface area contributed by atoms with Gasteiger partial charge in [0.15, 0.2) is 0 Å². The van der Waals surface area contributed by atoms with Gasteiger partial charge in [-0.3, -0.25) is 9.59 Å². The van der Waals surface area contributed by atoms with E-state index in [1.807, 2.05) is 0 Å². The van der Waals surface area contributed by atoms with Gasteiger partial charge in [-0.1, -0.05) is 0 Å². The van der Waals surface area contributed by atoms with Crippen LogP contribution in [0.2, 0.25) is 0 Å². The molecular weight excluding hydrogens is 246 g/mol. The van der Waals surface area contributed by atoms with E-state index >= 15 is 0 Å². The standard InChI is InChI=1S/C10H9NO5S/c1-5-2-8(17-9(5)10(14)15)11-6(12)3-16-4-7(11)13/h2H,3-4H2,1H3,(H,14,15). The Labute approximate surface area is 100 Å². The van der Waals surface area contributed by atoms with Crippen molar-refractivity contribution in [1.29, 1.82) is 0 Å². The number of ether oxygens (including phenoxy) is 1. The first-order valence-corrected chi connectivity index (χ1v) is 5.59. The minimum absolute atomic E-state index is 0.132. The van der Waals surface area contributed by atoms with Crippen LogP contribution in [-0.4, -0.2) is 36.1 Å². The van der Waals surface area contributed by atoms with E-state index in [4.69, 9.17) is 9.84 Å². The van der Waals surface area contributed by atoms with E-state index in [1.165, 1.54) is 6.07 Å². The highest BCUT2D eigenvalue weighted by Gasteiger charge is 2.30. The summed E-state index contributed by atoms with van der Waals surface area (Å²) in [5, 5.41) is 9.24. The molecule has 0 bridgehead atoms. The number of rotatable bonds is 2. The molecule has 1 saturated heterocycles. The summed E-state index contributed by atoms with van der Waals surface area (Å²) >= 11 is 0.911. The van der Waals surface area contributed by atoms with Crippen molar-refractivity contribution in [2.75, 3.05) is 18.1 Å². The molecule has 0 spiro atoms. The lowest BCUT2D eigenvalue weighted by Gasteiger charge is -2.23. The maximum Gasteiger partial charge on any atom is 0.346 e. The van der Waals surface area contributed by atoms with Crippen LogP contribution in [-0.2, 0) is 14.3 Å². The van der Waals surface area contributed by atoms with Gasteiger partial charge in [-0.05, 0) is 18.6 Å². The van der Waals surface area contributed by atoms with Crippen molar-refractivity contribution in [1.82, 2.24) is 0 Å². The molecule has 1 aromatic rings. The van der Waals surface area contributed by atoms with Gasteiger partial charge in [0.05, 0.1) is 0 Å². The quantitative estimate of drug-likeness (QED) is 0.784. The summed E-state index contributed by atoms with van der Waals surface area (Å²) in [5.74, 6) is -2.01. The minimum atomic E-state index is -1.06. The average molecular weight is 255 g/mol. The number of morpholine rings is 1. The lowest BCUT2D eigenvalue weighted by molar-refractivity contribution is -0.138. The van der Waals surface area contributed by atoms with Crippen LogP contribution in [0.15, 0.2) is 6.07 Å². The van der Waals surface area contributed by atoms with Crippen LogP contribution in [0, 0.1) is 6.92 Å². The number of amides is 2. The van der Waals surface area contributed by atoms with Crippen LogP contribution in [0.3, 0.4) is 0 Å². The zero-order valence-electron chi connectivity index (χ0n) is 8.93. The number of carboxylic acids is 1. The average Bonchev–Trinajstić information content (AvgIpc) is 2.60. The van der Waals surface area contributed by atoms with E-state index in [0.29, 0.717) is 10.6 Å². The number of thiophene rings is 1. The number of aromatic carboxylic acids is 1. The summed E-state index contributed by atoms with van der Waals surface area (Å²) in [5.41, 5.74) is 0.532. The van der Waals surface area contributed by atoms with E-state index in [-0.39, 0.29) is 18.1 Å². The van der Waals surface area contributed by atoms with Crippen molar-refractivity contribution < 1.29 is 24.2 Å². The first-order chi connectivity index (χ1) is 8.00. The second-order valence-corrected chi connectivity index (χ2v) is 4.55. The van der Waals surface area contributed by atoms with E-state index in [2.05, 4.69) is 0 Å². The highest BCUT2D eigenvalue weighted by Crippen LogP contribution is 2.31. The lowest BCUT2D eigenvalue weighted by Crippen LogP contribution is -2.45. The van der Waals surface area contributed by atoms with Gasteiger partial charge < -0.3 is 9.84 Å². The van der Waals surface area contributed by atoms with Crippen LogP contribution < -0.4 is 4.90 Å². The molecule has 2 rings (SSSR count). The Morgan fingerprint density at radius 1 is 1.41 bits per heavy atom. The molecule has 2 heterocycles. The van der Waals surface area contributed by atoms with Crippen LogP contribution in [0.25, 0.3) is 0 Å². The number of carboxylic acid groups (broad SMARTS) is 1. The number of carbonyl (C=O) groups excluding carboxylic acids is 2. The fraction of sp³-hybridized carbons (Fsp3) is 0.300. The number of carbonyl (C=O) groups is 3. The summed E-state index contributed by atoms with van der Waals surface area (Å²) in [6.07, 6.45) is 0. The number of aryl methyl sites for hydroxylation is 1. The molecule has 0 unspecified atom stereocenters. The minimum Gasteiger partial charge on any atom is -0.477 e. The molecule has 1 aliphatic rings. The second-order valence-electron chi connectivity index (χ2n) is 3.52. The zero-order valence-corrected chi connectivity index (χ0v) is 9.74. The Balaban J connectivity index is 2.39. The van der Waals surface area contributed by atoms with Crippen molar-refractivity contribution in [2.45, 2.75) is 6.92 Å². The molecule has 0 atom stereocenters. The van der Waals surface area contributed by atoms with Crippen molar-refractivity contribution >= 4 is 34.1 Å². The van der Waals surface area contributed by atoms with Gasteiger partial charge in [0, 0.05) is 0 Å². The number of imide groups is 1. The topological polar surface area (TPSA) is 83.9 Å². The van der Waals surface area contributed by atoms with E-state index in [0.717, 1.165) is 16.2 Å². The van der Waals surface area contributed by atoms with E-state index < -0.39 is 17.8 Å². The Bertz CT molecular complexity index is 491. The van der Waals surface area contributed by atoms with Gasteiger partial charge in [0.25, 0.3) is 11.8 Å². The molecule has 1 aliphatic heterocycles. The third-order valence-corrected chi connectivity index (χ3v) is 3.48. The maximum atomic E-state index is 11.5. The monoisotopic (exact) mass is 255 g/mol. The predicted octanol–water partition coefficient (Wildman–Crippen LogP) is 0.645. The van der Waals surface area contributed by atoms with Crippen LogP contribution in [0.4, 0.5) is 5.00 Å². The smallest absolute Gasteiger partial charge is 0.346 e. The Morgan fingerprint density at radius 2 is 2.00 bits per heavy atom. The normalized spacial score (nSPS) is 16.4. The Kier molecular flexibility index (Phi) is 2.95. The predicted molar refractivity (Wildman–Crippen MR) is 59.3 cm³/mol. The molecular formula is C10H9NO5S. The van der Waals surface area contributed by atoms with E-state index in [1.54, 1.807) is 6.92 Å². The molecule has 1 N–H and O–H groups in total. The largest absolute Gasteiger partial charge is 0.477 e. The SMILES string of the molecule is Cc1cc(N2C(=O)COCC2=O)sc1C(=O)O. The summed E-state index contributed by atoms with van der Waals surface area (Å²) in [7, 11) is 0. The molecule has 90 valence electrons. The molecule has 0 saturated carbocycles. The lowest BCUT2D eigenvalue weighted by atomic mass is 10.3. The Morgan fingerprint density at radius 3 is 2.47 bits per heavy atom. The van der Waals surface area contributed by atoms with Gasteiger partial charge in [-0.2, -0.15) is 0 Å². The number of anilines is 1. The Hall–Kier alpha value is -1.73. The van der Waals surface area contributed by atoms with Gasteiger partial charge >= 0.3 is 5.97 Å². The summed E-state index contributed by atoms with van der Waals surface area (Å²) < 4.78 is 4.78. The molecule has 0 aromatic carbocycles. The van der Waals surface area contributed by atoms with Crippen LogP contribution in [0.5, 0.6) is 0 Å². The molecule has 2 amide bonds. The second kappa shape index (κ2) is 4.27. The molecule has 7 heteroatoms. The van der Waals surface area contributed by atoms with Crippen LogP contribution in [0.1, 0.15) is 15.2 Å². The van der Waals surface area contributed by atoms with Crippen molar-refractivity contribution in [3.05, 3.63) is 16.5 Å². The van der Waals surface area contributed by atoms with Gasteiger partial charge in [0.1, 0.15) is 23.1 Å². The van der Waals surface area contributed by atoms with Gasteiger partial charge in [-0.25, -0.2) is 9.69 Å². The van der Waals surface area contributed by atoms with Crippen molar-refractivity contribution in [3.63, 3.8) is 0 Å². The number of hydrogen-bond donors (Lipinski definition) is 1. The maximum absolute atomic E-state index is 11.5. The van der Waals surface area contributed by atoms with Crippen molar-refractivity contribution in [3.8, 4) is 0 Å². The van der Waals surface area contributed by atoms with Crippen molar-refractivity contribution in [2.24, 2.45) is 0 Å². The molecule has 17 heavy (non-hydrogen) atoms. The summed E-state index contributed by atoms with van der Waals surface area (Å²) in [6, 6.07) is 1.52. The molecule has 6 nitrogen and oxygen atoms in total. The molecule has 0 radical (unpaired) electrons. The number of hydrogen-bond acceptors (Lipinski definition) is 5. The first kappa shape index (κ1) is 11.7. The molecule has 0 aliphatic carbocycles. The number of nitrogens with zero attached hydrogens (tertiary/aromatic N) is 1. The third-order valence-electron chi connectivity index (χ3n) is 2.27. The molecule has 1 aromatic heterocycles. The summed E-state index contributed by atoms with van der Waals surface area (Å²) in [4.78, 5) is 35.1. The highest BCUT2D eigenvalue weighted by molar-refractivity contribution is 7.18. The fourth-order valence-corrected chi connectivity index (χ4v) is 2.57. The van der Waals surface area contributed by atoms with Crippen LogP contribution >= 0.6 is 11.3 Å². The fourth-order valence-electron chi connectivity index (χ4n) is 1.53. The van der Waals surface area contributed by atoms with E-state index in [9.17, 15) is 14.4 Å². The first-order valence-electron chi connectivity index (χ1n) is 4.78. The highest BCUT2D eigenvalue weighted by atomic mass is 32.1. The summed E-state index contributed by atoms with van der Waals surface area (Å²) in [6.45, 7) is 1.30. The third kappa shape index (κ3) is 2.06. The molecule has 1 fully saturated rings.